The standard InChI is InChI=1S/2C32H40NO5P.2Na/c2*1-24(2)22-29(23-39(37,38)21-11-10-14-26-12-6-4-7-13-26)31(34)33(25(3)32(35)36)30-19-17-28(18-20-30)27-15-8-5-9-16-27;;/h2*4-9,12-13,15-20,24-25,29H,10-11,14,21-23H2,1-3H3,(H,35,36)(H,37,38);;/q;;2*+1/p-2/t2*25-,29?;;/m00../s1. The first-order valence-corrected chi connectivity index (χ1v) is 31.3. The van der Waals surface area contributed by atoms with Gasteiger partial charge in [0.1, 0.15) is 0 Å². The summed E-state index contributed by atoms with van der Waals surface area (Å²) in [4.78, 5) is 75.7. The fourth-order valence-corrected chi connectivity index (χ4v) is 13.5. The van der Waals surface area contributed by atoms with Crippen LogP contribution < -0.4 is 79.1 Å². The van der Waals surface area contributed by atoms with E-state index in [1.165, 1.54) is 34.8 Å². The van der Waals surface area contributed by atoms with E-state index in [0.29, 0.717) is 37.1 Å². The maximum atomic E-state index is 13.9. The van der Waals surface area contributed by atoms with Crippen molar-refractivity contribution in [3.8, 4) is 22.3 Å². The number of hydrogen-bond acceptors (Lipinski definition) is 8. The summed E-state index contributed by atoms with van der Waals surface area (Å²) in [5.41, 5.74) is 7.07. The number of aliphatic carboxylic acids is 2. The monoisotopic (exact) mass is 1140 g/mol. The zero-order chi connectivity index (χ0) is 56.8. The van der Waals surface area contributed by atoms with Crippen LogP contribution in [0.5, 0.6) is 0 Å². The van der Waals surface area contributed by atoms with Crippen LogP contribution in [0, 0.1) is 23.7 Å². The molecule has 0 aliphatic heterocycles. The number of rotatable bonds is 28. The molecule has 0 aliphatic rings. The molecule has 0 fully saturated rings. The van der Waals surface area contributed by atoms with E-state index in [4.69, 9.17) is 0 Å². The van der Waals surface area contributed by atoms with Gasteiger partial charge in [-0.05, 0) is 135 Å². The molecule has 2 amide bonds. The normalized spacial score (nSPS) is 14.0. The van der Waals surface area contributed by atoms with E-state index in [-0.39, 0.29) is 95.6 Å². The third kappa shape index (κ3) is 23.1. The Balaban J connectivity index is 0.000000410. The SMILES string of the molecule is CC(C)CC(CP(=O)(O)CCCCc1ccccc1)C(=O)N(c1ccc(-c2ccccc2)cc1)[C@@H](C)C(=O)[O-].CC(C)CC(CP(=O)(O)CCCCc1ccccc1)C(=O)N(c1ccc(-c2ccccc2)cc1)[C@@H](C)C(=O)[O-].[Na+].[Na+]. The van der Waals surface area contributed by atoms with E-state index in [1.807, 2.05) is 173 Å². The smallest absolute Gasteiger partial charge is 0.548 e. The number of benzene rings is 6. The van der Waals surface area contributed by atoms with E-state index < -0.39 is 62.4 Å². The molecular weight excluding hydrogens is 1060 g/mol. The molecule has 12 nitrogen and oxygen atoms in total. The molecular formula is C64H78N2Na2O10P2. The van der Waals surface area contributed by atoms with Crippen molar-refractivity contribution in [3.63, 3.8) is 0 Å². The minimum absolute atomic E-state index is 0. The molecule has 0 spiro atoms. The van der Waals surface area contributed by atoms with Crippen molar-refractivity contribution in [2.75, 3.05) is 34.4 Å². The van der Waals surface area contributed by atoms with Crippen LogP contribution in [0.25, 0.3) is 22.3 Å². The Labute approximate surface area is 519 Å². The van der Waals surface area contributed by atoms with Crippen LogP contribution in [0.3, 0.4) is 0 Å². The third-order valence-electron chi connectivity index (χ3n) is 13.8. The molecule has 6 atom stereocenters. The zero-order valence-electron chi connectivity index (χ0n) is 48.1. The Morgan fingerprint density at radius 2 is 0.700 bits per heavy atom. The van der Waals surface area contributed by atoms with Crippen LogP contribution in [-0.4, -0.2) is 70.3 Å². The predicted molar refractivity (Wildman–Crippen MR) is 311 cm³/mol. The summed E-state index contributed by atoms with van der Waals surface area (Å²) in [5.74, 6) is -5.11. The van der Waals surface area contributed by atoms with Crippen LogP contribution >= 0.6 is 14.7 Å². The van der Waals surface area contributed by atoms with Crippen LogP contribution in [0.15, 0.2) is 170 Å². The number of carbonyl (C=O) groups is 4. The number of aryl methyl sites for hydroxylation is 2. The molecule has 4 unspecified atom stereocenters. The molecule has 0 aliphatic carbocycles. The zero-order valence-corrected chi connectivity index (χ0v) is 53.9. The van der Waals surface area contributed by atoms with Gasteiger partial charge in [0.2, 0.25) is 26.6 Å². The Hall–Kier alpha value is -4.42. The Morgan fingerprint density at radius 3 is 0.975 bits per heavy atom. The second-order valence-corrected chi connectivity index (χ2v) is 26.3. The van der Waals surface area contributed by atoms with E-state index in [2.05, 4.69) is 0 Å². The quantitative estimate of drug-likeness (QED) is 0.0357. The van der Waals surface area contributed by atoms with Gasteiger partial charge in [0.05, 0.1) is 24.0 Å². The molecule has 0 heterocycles. The molecule has 0 saturated carbocycles. The van der Waals surface area contributed by atoms with E-state index >= 15 is 0 Å². The average Bonchev–Trinajstić information content (AvgIpc) is 3.42. The summed E-state index contributed by atoms with van der Waals surface area (Å²) in [7, 11) is -7.25. The van der Waals surface area contributed by atoms with Crippen LogP contribution in [0.2, 0.25) is 0 Å². The van der Waals surface area contributed by atoms with Gasteiger partial charge in [0.25, 0.3) is 0 Å². The molecule has 2 N–H and O–H groups in total. The number of amides is 2. The summed E-state index contributed by atoms with van der Waals surface area (Å²) in [6.07, 6.45) is 5.02. The fraction of sp³-hybridized carbons (Fsp3) is 0.375. The first-order chi connectivity index (χ1) is 37.1. The summed E-state index contributed by atoms with van der Waals surface area (Å²) in [5, 5.41) is 23.8. The van der Waals surface area contributed by atoms with Crippen molar-refractivity contribution in [2.45, 2.75) is 105 Å². The third-order valence-corrected chi connectivity index (χ3v) is 17.8. The predicted octanol–water partition coefficient (Wildman–Crippen LogP) is 5.57. The van der Waals surface area contributed by atoms with Gasteiger partial charge >= 0.3 is 59.1 Å². The molecule has 80 heavy (non-hydrogen) atoms. The van der Waals surface area contributed by atoms with Crippen LogP contribution in [-0.2, 0) is 41.1 Å². The molecule has 6 aromatic carbocycles. The van der Waals surface area contributed by atoms with Gasteiger partial charge in [0, 0.05) is 47.9 Å². The Morgan fingerprint density at radius 1 is 0.425 bits per heavy atom. The topological polar surface area (TPSA) is 195 Å². The summed E-state index contributed by atoms with van der Waals surface area (Å²) < 4.78 is 26.5. The molecule has 416 valence electrons. The van der Waals surface area contributed by atoms with E-state index in [9.17, 15) is 48.3 Å². The molecule has 6 rings (SSSR count). The van der Waals surface area contributed by atoms with Gasteiger partial charge in [-0.15, -0.1) is 0 Å². The van der Waals surface area contributed by atoms with Gasteiger partial charge in [-0.25, -0.2) is 0 Å². The van der Waals surface area contributed by atoms with Crippen molar-refractivity contribution in [2.24, 2.45) is 23.7 Å². The van der Waals surface area contributed by atoms with Gasteiger partial charge in [-0.1, -0.05) is 173 Å². The van der Waals surface area contributed by atoms with Crippen molar-refractivity contribution in [1.82, 2.24) is 0 Å². The van der Waals surface area contributed by atoms with Gasteiger partial charge in [0.15, 0.2) is 0 Å². The van der Waals surface area contributed by atoms with Crippen LogP contribution in [0.1, 0.15) is 91.2 Å². The molecule has 0 saturated heterocycles. The van der Waals surface area contributed by atoms with Crippen molar-refractivity contribution < 1.29 is 107 Å². The number of carboxylic acid groups (broad SMARTS) is 2. The molecule has 16 heteroatoms. The largest absolute Gasteiger partial charge is 1.00 e. The maximum Gasteiger partial charge on any atom is 1.00 e. The number of carbonyl (C=O) groups excluding carboxylic acids is 4. The van der Waals surface area contributed by atoms with Crippen molar-refractivity contribution in [1.29, 1.82) is 0 Å². The summed E-state index contributed by atoms with van der Waals surface area (Å²) in [6.45, 7) is 10.6. The molecule has 0 bridgehead atoms. The van der Waals surface area contributed by atoms with Gasteiger partial charge < -0.3 is 39.4 Å². The van der Waals surface area contributed by atoms with Crippen LogP contribution in [0.4, 0.5) is 11.4 Å². The maximum absolute atomic E-state index is 13.9. The number of nitrogens with zero attached hydrogens (tertiary/aromatic N) is 2. The fourth-order valence-electron chi connectivity index (χ4n) is 9.76. The minimum atomic E-state index is -3.62. The Bertz CT molecular complexity index is 2700. The first-order valence-electron chi connectivity index (χ1n) is 27.2. The minimum Gasteiger partial charge on any atom is -0.548 e. The summed E-state index contributed by atoms with van der Waals surface area (Å²) >= 11 is 0. The van der Waals surface area contributed by atoms with Gasteiger partial charge in [-0.3, -0.25) is 18.7 Å². The second kappa shape index (κ2) is 34.9. The number of hydrogen-bond donors (Lipinski definition) is 2. The number of unbranched alkanes of at least 4 members (excludes halogenated alkanes) is 2. The van der Waals surface area contributed by atoms with E-state index in [1.54, 1.807) is 24.3 Å². The summed E-state index contributed by atoms with van der Waals surface area (Å²) in [6, 6.07) is 51.2. The molecule has 6 aromatic rings. The molecule has 0 radical (unpaired) electrons. The first kappa shape index (κ1) is 69.8. The average molecular weight is 1140 g/mol. The van der Waals surface area contributed by atoms with E-state index in [0.717, 1.165) is 47.9 Å². The molecule has 0 aromatic heterocycles. The Kier molecular flexibility index (Phi) is 30.5. The van der Waals surface area contributed by atoms with Crippen molar-refractivity contribution >= 4 is 49.9 Å². The number of carboxylic acids is 2. The van der Waals surface area contributed by atoms with Crippen molar-refractivity contribution in [3.05, 3.63) is 181 Å². The number of anilines is 2. The van der Waals surface area contributed by atoms with Gasteiger partial charge in [-0.2, -0.15) is 0 Å². The second-order valence-electron chi connectivity index (χ2n) is 21.3.